The summed E-state index contributed by atoms with van der Waals surface area (Å²) in [6.07, 6.45) is -2.10. The number of rotatable bonds is 4. The number of methoxy groups -OCH3 is 1. The van der Waals surface area contributed by atoms with E-state index >= 15 is 0 Å². The molecule has 0 aliphatic heterocycles. The molecule has 0 spiro atoms. The Morgan fingerprint density at radius 1 is 1.47 bits per heavy atom. The smallest absolute Gasteiger partial charge is 0.335 e. The van der Waals surface area contributed by atoms with E-state index in [1.807, 2.05) is 0 Å². The normalized spacial score (nSPS) is 14.3. The van der Waals surface area contributed by atoms with Crippen molar-refractivity contribution in [2.24, 2.45) is 0 Å². The number of hydrogen-bond acceptors (Lipinski definition) is 5. The van der Waals surface area contributed by atoms with Gasteiger partial charge in [-0.2, -0.15) is 0 Å². The molecule has 15 heavy (non-hydrogen) atoms. The minimum absolute atomic E-state index is 0.0747. The van der Waals surface area contributed by atoms with Gasteiger partial charge in [0.25, 0.3) is 0 Å². The monoisotopic (exact) mass is 213 g/mol. The van der Waals surface area contributed by atoms with Gasteiger partial charge in [0.2, 0.25) is 0 Å². The summed E-state index contributed by atoms with van der Waals surface area (Å²) in [6, 6.07) is 2.90. The van der Waals surface area contributed by atoms with Gasteiger partial charge < -0.3 is 20.1 Å². The fourth-order valence-corrected chi connectivity index (χ4v) is 0.984. The van der Waals surface area contributed by atoms with Gasteiger partial charge >= 0.3 is 5.97 Å². The highest BCUT2D eigenvalue weighted by Crippen LogP contribution is 2.17. The summed E-state index contributed by atoms with van der Waals surface area (Å²) in [7, 11) is 1.46. The van der Waals surface area contributed by atoms with E-state index in [0.29, 0.717) is 5.75 Å². The number of aliphatic hydroxyl groups excluding tert-OH is 2. The summed E-state index contributed by atoms with van der Waals surface area (Å²) in [4.78, 5) is 14.1. The van der Waals surface area contributed by atoms with Gasteiger partial charge in [0.05, 0.1) is 19.0 Å². The molecule has 6 nitrogen and oxygen atoms in total. The molecule has 1 aromatic rings. The van der Waals surface area contributed by atoms with Gasteiger partial charge in [-0.25, -0.2) is 4.79 Å². The van der Waals surface area contributed by atoms with Crippen molar-refractivity contribution in [1.29, 1.82) is 0 Å². The van der Waals surface area contributed by atoms with Crippen molar-refractivity contribution in [2.75, 3.05) is 7.11 Å². The second kappa shape index (κ2) is 4.72. The number of carboxylic acids is 1. The average Bonchev–Trinajstić information content (AvgIpc) is 2.27. The first kappa shape index (κ1) is 11.4. The van der Waals surface area contributed by atoms with Crippen molar-refractivity contribution in [3.05, 3.63) is 24.0 Å². The lowest BCUT2D eigenvalue weighted by molar-refractivity contribution is -0.153. The Morgan fingerprint density at radius 3 is 2.53 bits per heavy atom. The highest BCUT2D eigenvalue weighted by Gasteiger charge is 2.25. The number of hydrogen-bond donors (Lipinski definition) is 3. The van der Waals surface area contributed by atoms with Gasteiger partial charge in [-0.05, 0) is 12.1 Å². The summed E-state index contributed by atoms with van der Waals surface area (Å²) < 4.78 is 4.83. The zero-order valence-electron chi connectivity index (χ0n) is 7.99. The van der Waals surface area contributed by atoms with E-state index in [-0.39, 0.29) is 5.69 Å². The summed E-state index contributed by atoms with van der Waals surface area (Å²) in [5, 5.41) is 26.9. The highest BCUT2D eigenvalue weighted by molar-refractivity contribution is 5.72. The lowest BCUT2D eigenvalue weighted by Crippen LogP contribution is -2.27. The number of carboxylic acid groups (broad SMARTS) is 1. The third-order valence-electron chi connectivity index (χ3n) is 1.85. The van der Waals surface area contributed by atoms with Crippen LogP contribution < -0.4 is 4.74 Å². The van der Waals surface area contributed by atoms with Crippen molar-refractivity contribution >= 4 is 5.97 Å². The maximum atomic E-state index is 10.4. The Kier molecular flexibility index (Phi) is 3.59. The van der Waals surface area contributed by atoms with Crippen LogP contribution in [0.2, 0.25) is 0 Å². The molecule has 82 valence electrons. The number of aliphatic hydroxyl groups is 2. The van der Waals surface area contributed by atoms with Crippen molar-refractivity contribution in [3.8, 4) is 5.75 Å². The molecule has 6 heteroatoms. The van der Waals surface area contributed by atoms with Crippen molar-refractivity contribution < 1.29 is 24.9 Å². The van der Waals surface area contributed by atoms with Crippen molar-refractivity contribution in [2.45, 2.75) is 12.2 Å². The molecule has 0 amide bonds. The third kappa shape index (κ3) is 2.64. The molecule has 1 heterocycles. The Morgan fingerprint density at radius 2 is 2.13 bits per heavy atom. The summed E-state index contributed by atoms with van der Waals surface area (Å²) >= 11 is 0. The largest absolute Gasteiger partial charge is 0.495 e. The zero-order valence-corrected chi connectivity index (χ0v) is 7.99. The Labute approximate surface area is 85.8 Å². The van der Waals surface area contributed by atoms with Crippen molar-refractivity contribution in [3.63, 3.8) is 0 Å². The number of carbonyl (C=O) groups is 1. The van der Waals surface area contributed by atoms with Crippen molar-refractivity contribution in [1.82, 2.24) is 4.98 Å². The lowest BCUT2D eigenvalue weighted by atomic mass is 10.1. The number of aromatic nitrogens is 1. The van der Waals surface area contributed by atoms with E-state index in [1.165, 1.54) is 25.4 Å². The predicted octanol–water partition coefficient (Wildman–Crippen LogP) is -0.431. The Bertz CT molecular complexity index is 337. The van der Waals surface area contributed by atoms with Crippen LogP contribution in [0.15, 0.2) is 18.3 Å². The minimum Gasteiger partial charge on any atom is -0.495 e. The SMILES string of the molecule is COc1ccc(C(O)C(O)C(=O)O)nc1. The summed E-state index contributed by atoms with van der Waals surface area (Å²) in [5.41, 5.74) is 0.0747. The molecule has 0 aliphatic carbocycles. The van der Waals surface area contributed by atoms with Gasteiger partial charge in [0, 0.05) is 0 Å². The number of ether oxygens (including phenoxy) is 1. The second-order valence-electron chi connectivity index (χ2n) is 2.85. The topological polar surface area (TPSA) is 99.9 Å². The first-order valence-corrected chi connectivity index (χ1v) is 4.15. The molecule has 0 saturated carbocycles. The fourth-order valence-electron chi connectivity index (χ4n) is 0.984. The maximum absolute atomic E-state index is 10.4. The summed E-state index contributed by atoms with van der Waals surface area (Å²) in [6.45, 7) is 0. The van der Waals surface area contributed by atoms with Gasteiger partial charge in [-0.15, -0.1) is 0 Å². The van der Waals surface area contributed by atoms with Crippen LogP contribution in [0.5, 0.6) is 5.75 Å². The third-order valence-corrected chi connectivity index (χ3v) is 1.85. The Hall–Kier alpha value is -1.66. The molecule has 0 aliphatic rings. The average molecular weight is 213 g/mol. The van der Waals surface area contributed by atoms with E-state index in [2.05, 4.69) is 4.98 Å². The maximum Gasteiger partial charge on any atom is 0.335 e. The Balaban J connectivity index is 2.82. The number of pyridine rings is 1. The van der Waals surface area contributed by atoms with Crippen LogP contribution in [0.4, 0.5) is 0 Å². The molecule has 3 N–H and O–H groups in total. The minimum atomic E-state index is -1.88. The van der Waals surface area contributed by atoms with Crippen LogP contribution in [0, 0.1) is 0 Å². The molecule has 1 rings (SSSR count). The molecule has 0 bridgehead atoms. The van der Waals surface area contributed by atoms with Crippen LogP contribution in [-0.2, 0) is 4.79 Å². The number of nitrogens with zero attached hydrogens (tertiary/aromatic N) is 1. The van der Waals surface area contributed by atoms with E-state index in [1.54, 1.807) is 0 Å². The molecule has 2 atom stereocenters. The van der Waals surface area contributed by atoms with Gasteiger partial charge in [-0.1, -0.05) is 0 Å². The molecular formula is C9H11NO5. The van der Waals surface area contributed by atoms with Crippen LogP contribution in [0.25, 0.3) is 0 Å². The molecule has 0 radical (unpaired) electrons. The quantitative estimate of drug-likeness (QED) is 0.627. The second-order valence-corrected chi connectivity index (χ2v) is 2.85. The molecule has 0 fully saturated rings. The standard InChI is InChI=1S/C9H11NO5/c1-15-5-2-3-6(10-4-5)7(11)8(12)9(13)14/h2-4,7-8,11-12H,1H3,(H,13,14). The van der Waals surface area contributed by atoms with Crippen LogP contribution in [0.3, 0.4) is 0 Å². The molecular weight excluding hydrogens is 202 g/mol. The van der Waals surface area contributed by atoms with E-state index < -0.39 is 18.2 Å². The van der Waals surface area contributed by atoms with E-state index in [9.17, 15) is 9.90 Å². The lowest BCUT2D eigenvalue weighted by Gasteiger charge is -2.13. The summed E-state index contributed by atoms with van der Waals surface area (Å²) in [5.74, 6) is -1.02. The van der Waals surface area contributed by atoms with E-state index in [4.69, 9.17) is 14.9 Å². The van der Waals surface area contributed by atoms with Crippen LogP contribution in [0.1, 0.15) is 11.8 Å². The predicted molar refractivity (Wildman–Crippen MR) is 49.4 cm³/mol. The van der Waals surface area contributed by atoms with Crippen LogP contribution >= 0.6 is 0 Å². The van der Waals surface area contributed by atoms with Gasteiger partial charge in [0.1, 0.15) is 11.9 Å². The fraction of sp³-hybridized carbons (Fsp3) is 0.333. The first-order valence-electron chi connectivity index (χ1n) is 4.15. The van der Waals surface area contributed by atoms with E-state index in [0.717, 1.165) is 0 Å². The highest BCUT2D eigenvalue weighted by atomic mass is 16.5. The first-order chi connectivity index (χ1) is 7.06. The number of aliphatic carboxylic acids is 1. The zero-order chi connectivity index (χ0) is 11.4. The molecule has 2 unspecified atom stereocenters. The molecule has 0 aromatic carbocycles. The molecule has 0 saturated heterocycles. The van der Waals surface area contributed by atoms with Gasteiger partial charge in [-0.3, -0.25) is 4.98 Å². The van der Waals surface area contributed by atoms with Crippen LogP contribution in [-0.4, -0.2) is 39.5 Å². The van der Waals surface area contributed by atoms with Gasteiger partial charge in [0.15, 0.2) is 6.10 Å². The molecule has 1 aromatic heterocycles.